The minimum atomic E-state index is 0. The first-order valence-corrected chi connectivity index (χ1v) is 0. The molecule has 0 aromatic heterocycles. The Bertz CT molecular complexity index is 9.65. The van der Waals surface area contributed by atoms with Gasteiger partial charge in [0, 0.05) is 0 Å². The second-order valence-corrected chi connectivity index (χ2v) is 0. The first kappa shape index (κ1) is 96.2. The summed E-state index contributed by atoms with van der Waals surface area (Å²) in [6, 6.07) is 0. The second kappa shape index (κ2) is 67.9. The van der Waals surface area contributed by atoms with E-state index in [1.165, 1.54) is 0 Å². The van der Waals surface area contributed by atoms with Crippen LogP contribution < -0.4 is 37.7 Å². The van der Waals surface area contributed by atoms with Crippen molar-refractivity contribution in [3.8, 4) is 0 Å². The SMILES string of the molecule is [Co+2].[Li+].[Li+].[LiH].[LiH].[O-2].[O-2]. The van der Waals surface area contributed by atoms with Crippen LogP contribution in [0.5, 0.6) is 0 Å². The summed E-state index contributed by atoms with van der Waals surface area (Å²) < 4.78 is 0. The Kier molecular flexibility index (Phi) is 933. The van der Waals surface area contributed by atoms with Gasteiger partial charge in [0.2, 0.25) is 0 Å². The molecular weight excluding hydrogens is 119 g/mol. The normalized spacial score (nSPS) is 0. The van der Waals surface area contributed by atoms with Crippen molar-refractivity contribution in [1.82, 2.24) is 0 Å². The van der Waals surface area contributed by atoms with Crippen molar-refractivity contribution >= 4 is 37.7 Å². The van der Waals surface area contributed by atoms with Crippen molar-refractivity contribution in [3.05, 3.63) is 0 Å². The summed E-state index contributed by atoms with van der Waals surface area (Å²) in [4.78, 5) is 0. The molecule has 0 bridgehead atoms. The standard InChI is InChI=1S/Co.4Li.2O.2H/q+2;;;2*+1;2*-2;;. The van der Waals surface area contributed by atoms with Gasteiger partial charge in [-0.25, -0.2) is 0 Å². The van der Waals surface area contributed by atoms with Gasteiger partial charge in [-0.2, -0.15) is 0 Å². The summed E-state index contributed by atoms with van der Waals surface area (Å²) >= 11 is 0. The van der Waals surface area contributed by atoms with Gasteiger partial charge in [0.25, 0.3) is 0 Å². The fourth-order valence-corrected chi connectivity index (χ4v) is 0. The molecule has 7 heteroatoms. The molecule has 0 aliphatic rings. The number of hydrogen-bond acceptors (Lipinski definition) is 0. The van der Waals surface area contributed by atoms with Crippen molar-refractivity contribution in [2.75, 3.05) is 0 Å². The van der Waals surface area contributed by atoms with E-state index in [2.05, 4.69) is 0 Å². The molecule has 0 spiro atoms. The fourth-order valence-electron chi connectivity index (χ4n) is 0. The Balaban J connectivity index is 0. The van der Waals surface area contributed by atoms with Crippen LogP contribution in [-0.2, 0) is 27.7 Å². The van der Waals surface area contributed by atoms with Crippen molar-refractivity contribution in [1.29, 1.82) is 0 Å². The molecule has 0 aliphatic heterocycles. The number of rotatable bonds is 0. The maximum absolute atomic E-state index is 0. The average molecular weight is 121 g/mol. The summed E-state index contributed by atoms with van der Waals surface area (Å²) in [6.45, 7) is 0. The first-order valence-electron chi connectivity index (χ1n) is 0. The van der Waals surface area contributed by atoms with E-state index in [9.17, 15) is 0 Å². The molecule has 0 aromatic carbocycles. The van der Waals surface area contributed by atoms with Gasteiger partial charge in [0.05, 0.1) is 0 Å². The van der Waals surface area contributed by atoms with Crippen LogP contribution in [0.4, 0.5) is 0 Å². The van der Waals surface area contributed by atoms with Crippen LogP contribution in [0.1, 0.15) is 0 Å². The molecule has 0 fully saturated rings. The second-order valence-electron chi connectivity index (χ2n) is 0. The molecule has 0 atom stereocenters. The van der Waals surface area contributed by atoms with Crippen LogP contribution in [0.25, 0.3) is 0 Å². The Morgan fingerprint density at radius 3 is 0.571 bits per heavy atom. The molecule has 0 saturated carbocycles. The summed E-state index contributed by atoms with van der Waals surface area (Å²) in [5.74, 6) is 0. The summed E-state index contributed by atoms with van der Waals surface area (Å²) in [6.07, 6.45) is 0. The van der Waals surface area contributed by atoms with Crippen molar-refractivity contribution < 1.29 is 65.5 Å². The largest absolute Gasteiger partial charge is 2.00 e. The molecule has 0 saturated heterocycles. The Labute approximate surface area is 102 Å². The fraction of sp³-hybridized carbons (Fsp3) is 0. The van der Waals surface area contributed by atoms with E-state index in [0.717, 1.165) is 0 Å². The van der Waals surface area contributed by atoms with Gasteiger partial charge in [-0.1, -0.05) is 0 Å². The van der Waals surface area contributed by atoms with Crippen LogP contribution >= 0.6 is 0 Å². The van der Waals surface area contributed by atoms with Gasteiger partial charge >= 0.3 is 92.2 Å². The van der Waals surface area contributed by atoms with E-state index in [1.54, 1.807) is 0 Å². The topological polar surface area (TPSA) is 57.0 Å². The third-order valence-electron chi connectivity index (χ3n) is 0. The zero-order valence-electron chi connectivity index (χ0n) is 3.15. The van der Waals surface area contributed by atoms with E-state index in [0.29, 0.717) is 0 Å². The van der Waals surface area contributed by atoms with Gasteiger partial charge in [0.1, 0.15) is 0 Å². The van der Waals surface area contributed by atoms with Crippen LogP contribution in [0.2, 0.25) is 0 Å². The third-order valence-corrected chi connectivity index (χ3v) is 0. The smallest absolute Gasteiger partial charge is 2.00 e. The monoisotopic (exact) mass is 121 g/mol. The van der Waals surface area contributed by atoms with Gasteiger partial charge in [-0.05, 0) is 0 Å². The minimum absolute atomic E-state index is 0. The van der Waals surface area contributed by atoms with Gasteiger partial charge in [0.15, 0.2) is 0 Å². The van der Waals surface area contributed by atoms with Crippen molar-refractivity contribution in [2.24, 2.45) is 0 Å². The van der Waals surface area contributed by atoms with E-state index >= 15 is 0 Å². The van der Waals surface area contributed by atoms with E-state index in [-0.39, 0.29) is 103 Å². The molecule has 1 radical (unpaired) electrons. The van der Waals surface area contributed by atoms with Crippen molar-refractivity contribution in [2.45, 2.75) is 0 Å². The molecule has 0 aromatic rings. The van der Waals surface area contributed by atoms with E-state index in [1.807, 2.05) is 0 Å². The average Bonchev–Trinajstić information content (AvgIpc) is 0. The number of hydrogen-bond donors (Lipinski definition) is 0. The predicted octanol–water partition coefficient (Wildman–Crippen LogP) is -7.53. The predicted molar refractivity (Wildman–Crippen MR) is 15.7 cm³/mol. The molecule has 0 aliphatic carbocycles. The van der Waals surface area contributed by atoms with Crippen LogP contribution in [-0.4, -0.2) is 37.7 Å². The summed E-state index contributed by atoms with van der Waals surface area (Å²) in [5.41, 5.74) is 0. The molecule has 27 valence electrons. The molecule has 2 nitrogen and oxygen atoms in total. The molecule has 7 heavy (non-hydrogen) atoms. The molecule has 0 amide bonds. The van der Waals surface area contributed by atoms with Crippen LogP contribution in [0.3, 0.4) is 0 Å². The summed E-state index contributed by atoms with van der Waals surface area (Å²) in [5, 5.41) is 0. The van der Waals surface area contributed by atoms with E-state index < -0.39 is 0 Å². The first-order chi connectivity index (χ1) is 0. The van der Waals surface area contributed by atoms with Crippen molar-refractivity contribution in [3.63, 3.8) is 0 Å². The summed E-state index contributed by atoms with van der Waals surface area (Å²) in [7, 11) is 0. The van der Waals surface area contributed by atoms with Crippen LogP contribution in [0, 0.1) is 0 Å². The van der Waals surface area contributed by atoms with Gasteiger partial charge < -0.3 is 11.0 Å². The molecule has 0 heterocycles. The van der Waals surface area contributed by atoms with E-state index in [4.69, 9.17) is 0 Å². The van der Waals surface area contributed by atoms with Gasteiger partial charge in [-0.15, -0.1) is 0 Å². The van der Waals surface area contributed by atoms with Gasteiger partial charge in [-0.3, -0.25) is 0 Å². The molecule has 0 N–H and O–H groups in total. The minimum Gasteiger partial charge on any atom is -2.00 e. The molecule has 0 unspecified atom stereocenters. The quantitative estimate of drug-likeness (QED) is 0.286. The zero-order valence-corrected chi connectivity index (χ0v) is 4.19. The maximum atomic E-state index is 0. The Morgan fingerprint density at radius 1 is 0.571 bits per heavy atom. The third kappa shape index (κ3) is 51.6. The maximum Gasteiger partial charge on any atom is -2.00 e. The molecular formula is H2CoLi4O2. The zero-order chi connectivity index (χ0) is 0. The Morgan fingerprint density at radius 2 is 0.571 bits per heavy atom. The molecule has 0 rings (SSSR count). The van der Waals surface area contributed by atoms with Crippen LogP contribution in [0.15, 0.2) is 0 Å². The Hall–Kier alpha value is 2.82.